The Kier molecular flexibility index (Phi) is 13.7. The summed E-state index contributed by atoms with van der Waals surface area (Å²) in [7, 11) is 0. The molecule has 2 heterocycles. The number of hydrogen-bond acceptors (Lipinski definition) is 10. The van der Waals surface area contributed by atoms with Crippen molar-refractivity contribution in [2.45, 2.75) is 148 Å². The van der Waals surface area contributed by atoms with Gasteiger partial charge in [-0.05, 0) is 123 Å². The minimum Gasteiger partial charge on any atom is -0.463 e. The van der Waals surface area contributed by atoms with Crippen LogP contribution in [0.4, 0.5) is 0 Å². The summed E-state index contributed by atoms with van der Waals surface area (Å²) in [6.07, 6.45) is 12.1. The van der Waals surface area contributed by atoms with Gasteiger partial charge in [0.15, 0.2) is 5.78 Å². The number of carbonyl (C=O) groups excluding carboxylic acids is 4. The highest BCUT2D eigenvalue weighted by Gasteiger charge is 2.65. The Hall–Kier alpha value is -2.43. The number of ether oxygens (including phenoxy) is 2. The SMILES string of the molecule is C#CCC(CC(=O)OCCOCCC)CC(=O)C1=C(C)CSC2C(NC(=O)CCC(C)C3CCC4C5C(O)CC6CC(O)CCC6(C)C5CC(O)C34C)C(=O)N12. The number of ketones is 1. The molecule has 11 nitrogen and oxygen atoms in total. The van der Waals surface area contributed by atoms with Crippen molar-refractivity contribution in [2.75, 3.05) is 25.6 Å². The zero-order chi connectivity index (χ0) is 40.5. The van der Waals surface area contributed by atoms with Gasteiger partial charge in [0.25, 0.3) is 5.91 Å². The van der Waals surface area contributed by atoms with E-state index in [1.165, 1.54) is 16.7 Å². The highest BCUT2D eigenvalue weighted by molar-refractivity contribution is 8.00. The molecule has 6 aliphatic rings. The van der Waals surface area contributed by atoms with Crippen LogP contribution in [-0.4, -0.2) is 99.1 Å². The predicted octanol–water partition coefficient (Wildman–Crippen LogP) is 5.00. The van der Waals surface area contributed by atoms with E-state index in [9.17, 15) is 34.5 Å². The van der Waals surface area contributed by atoms with Crippen LogP contribution in [-0.2, 0) is 28.7 Å². The van der Waals surface area contributed by atoms with E-state index in [4.69, 9.17) is 15.9 Å². The smallest absolute Gasteiger partial charge is 0.306 e. The van der Waals surface area contributed by atoms with Crippen LogP contribution in [0.2, 0.25) is 0 Å². The number of Topliss-reactive ketones (excluding diaryl/α,β-unsaturated/α-hetero) is 1. The minimum absolute atomic E-state index is 0.00636. The van der Waals surface area contributed by atoms with Gasteiger partial charge in [-0.25, -0.2) is 0 Å². The predicted molar refractivity (Wildman–Crippen MR) is 213 cm³/mol. The van der Waals surface area contributed by atoms with Crippen molar-refractivity contribution in [3.8, 4) is 12.3 Å². The fourth-order valence-corrected chi connectivity index (χ4v) is 13.6. The average molecular weight is 799 g/mol. The van der Waals surface area contributed by atoms with Crippen molar-refractivity contribution >= 4 is 35.3 Å². The summed E-state index contributed by atoms with van der Waals surface area (Å²) in [6, 6.07) is -0.727. The van der Waals surface area contributed by atoms with Crippen molar-refractivity contribution < 1.29 is 44.0 Å². The molecule has 6 rings (SSSR count). The number of carbonyl (C=O) groups is 4. The second-order valence-corrected chi connectivity index (χ2v) is 19.7. The lowest BCUT2D eigenvalue weighted by Crippen LogP contribution is -2.70. The maximum atomic E-state index is 13.7. The lowest BCUT2D eigenvalue weighted by molar-refractivity contribution is -0.207. The van der Waals surface area contributed by atoms with Crippen LogP contribution in [0.1, 0.15) is 118 Å². The van der Waals surface area contributed by atoms with Gasteiger partial charge in [0.05, 0.1) is 30.6 Å². The van der Waals surface area contributed by atoms with Crippen molar-refractivity contribution in [1.82, 2.24) is 10.2 Å². The number of allylic oxidation sites excluding steroid dienone is 1. The van der Waals surface area contributed by atoms with Crippen molar-refractivity contribution in [2.24, 2.45) is 52.3 Å². The van der Waals surface area contributed by atoms with Gasteiger partial charge in [0.2, 0.25) is 5.91 Å². The largest absolute Gasteiger partial charge is 0.463 e. The number of aliphatic hydroxyl groups excluding tert-OH is 3. The minimum atomic E-state index is -0.727. The van der Waals surface area contributed by atoms with E-state index in [1.54, 1.807) is 0 Å². The molecule has 4 aliphatic carbocycles. The zero-order valence-corrected chi connectivity index (χ0v) is 35.0. The number of thioether (sulfide) groups is 1. The van der Waals surface area contributed by atoms with Crippen LogP contribution in [0.5, 0.6) is 0 Å². The first-order chi connectivity index (χ1) is 26.6. The van der Waals surface area contributed by atoms with Crippen molar-refractivity contribution in [3.05, 3.63) is 11.3 Å². The standard InChI is InChI=1S/C44H66N2O9S/c1-7-9-27(20-37(52)55-18-17-54-16-8-2)19-34(49)40-26(4)24-56-42-39(41(53)46(40)42)45-36(51)13-10-25(3)30-11-12-31-38-32(23-35(50)44(30,31)6)43(5)15-14-29(47)21-28(43)22-33(38)48/h1,25,27-33,35,38-39,42,47-48,50H,8-24H2,2-6H3,(H,45,51). The molecule has 5 fully saturated rings. The summed E-state index contributed by atoms with van der Waals surface area (Å²) in [4.78, 5) is 54.7. The van der Waals surface area contributed by atoms with Gasteiger partial charge in [0, 0.05) is 38.0 Å². The third-order valence-electron chi connectivity index (χ3n) is 15.3. The van der Waals surface area contributed by atoms with E-state index in [0.29, 0.717) is 37.5 Å². The number of aliphatic hydroxyl groups is 3. The van der Waals surface area contributed by atoms with Crippen molar-refractivity contribution in [3.63, 3.8) is 0 Å². The van der Waals surface area contributed by atoms with Gasteiger partial charge in [-0.1, -0.05) is 27.7 Å². The third kappa shape index (κ3) is 8.23. The first-order valence-corrected chi connectivity index (χ1v) is 22.4. The van der Waals surface area contributed by atoms with E-state index in [1.807, 2.05) is 13.8 Å². The van der Waals surface area contributed by atoms with Crippen LogP contribution in [0.15, 0.2) is 11.3 Å². The Morgan fingerprint density at radius 3 is 2.55 bits per heavy atom. The first kappa shape index (κ1) is 43.2. The Bertz CT molecular complexity index is 1560. The summed E-state index contributed by atoms with van der Waals surface area (Å²) in [5.41, 5.74) is 0.788. The van der Waals surface area contributed by atoms with E-state index in [0.717, 1.165) is 50.5 Å². The van der Waals surface area contributed by atoms with Gasteiger partial charge in [-0.2, -0.15) is 0 Å². The fraction of sp³-hybridized carbons (Fsp3) is 0.818. The summed E-state index contributed by atoms with van der Waals surface area (Å²) >= 11 is 1.52. The fourth-order valence-electron chi connectivity index (χ4n) is 12.3. The Balaban J connectivity index is 1.01. The quantitative estimate of drug-likeness (QED) is 0.0724. The van der Waals surface area contributed by atoms with E-state index in [2.05, 4.69) is 32.0 Å². The molecule has 56 heavy (non-hydrogen) atoms. The van der Waals surface area contributed by atoms with Crippen LogP contribution in [0.25, 0.3) is 0 Å². The van der Waals surface area contributed by atoms with Gasteiger partial charge >= 0.3 is 5.97 Å². The molecule has 0 bridgehead atoms. The molecule has 1 saturated heterocycles. The molecule has 4 saturated carbocycles. The molecule has 0 spiro atoms. The second kappa shape index (κ2) is 17.8. The van der Waals surface area contributed by atoms with Crippen LogP contribution in [0, 0.1) is 64.6 Å². The number of fused-ring (bicyclic) bond motifs is 6. The third-order valence-corrected chi connectivity index (χ3v) is 16.7. The molecule has 14 unspecified atom stereocenters. The molecule has 312 valence electrons. The van der Waals surface area contributed by atoms with Gasteiger partial charge in [0.1, 0.15) is 18.0 Å². The van der Waals surface area contributed by atoms with Gasteiger partial charge in [-0.15, -0.1) is 24.1 Å². The van der Waals surface area contributed by atoms with E-state index >= 15 is 0 Å². The highest BCUT2D eigenvalue weighted by Crippen LogP contribution is 2.68. The molecule has 0 radical (unpaired) electrons. The molecule has 0 aromatic rings. The topological polar surface area (TPSA) is 163 Å². The average Bonchev–Trinajstić information content (AvgIpc) is 3.52. The molecular weight excluding hydrogens is 733 g/mol. The summed E-state index contributed by atoms with van der Waals surface area (Å²) in [6.45, 7) is 11.6. The Morgan fingerprint density at radius 2 is 1.82 bits per heavy atom. The Labute approximate surface area is 337 Å². The lowest BCUT2D eigenvalue weighted by atomic mass is 9.43. The molecule has 2 aliphatic heterocycles. The second-order valence-electron chi connectivity index (χ2n) is 18.6. The molecule has 12 heteroatoms. The number of esters is 1. The summed E-state index contributed by atoms with van der Waals surface area (Å²) < 4.78 is 10.6. The number of hydrogen-bond donors (Lipinski definition) is 4. The summed E-state index contributed by atoms with van der Waals surface area (Å²) in [5.74, 6) is 2.69. The van der Waals surface area contributed by atoms with E-state index in [-0.39, 0.29) is 108 Å². The number of terminal acetylenes is 1. The number of amides is 2. The van der Waals surface area contributed by atoms with Gasteiger partial charge < -0.3 is 30.1 Å². The Morgan fingerprint density at radius 1 is 1.05 bits per heavy atom. The monoisotopic (exact) mass is 798 g/mol. The van der Waals surface area contributed by atoms with Crippen LogP contribution in [0.3, 0.4) is 0 Å². The number of nitrogens with zero attached hydrogens (tertiary/aromatic N) is 1. The maximum Gasteiger partial charge on any atom is 0.306 e. The first-order valence-electron chi connectivity index (χ1n) is 21.3. The lowest BCUT2D eigenvalue weighted by Gasteiger charge is -2.63. The normalized spacial score (nSPS) is 38.6. The highest BCUT2D eigenvalue weighted by atomic mass is 32.2. The van der Waals surface area contributed by atoms with E-state index < -0.39 is 30.1 Å². The number of β-lactam (4-membered cyclic amide) rings is 1. The van der Waals surface area contributed by atoms with Crippen molar-refractivity contribution in [1.29, 1.82) is 0 Å². The molecule has 4 N–H and O–H groups in total. The number of rotatable bonds is 16. The molecule has 0 aromatic heterocycles. The zero-order valence-electron chi connectivity index (χ0n) is 34.2. The molecule has 0 aromatic carbocycles. The van der Waals surface area contributed by atoms with Crippen LogP contribution >= 0.6 is 11.8 Å². The van der Waals surface area contributed by atoms with Crippen LogP contribution < -0.4 is 5.32 Å². The molecular formula is C44H66N2O9S. The number of nitrogens with one attached hydrogen (secondary N) is 1. The molecule has 14 atom stereocenters. The summed E-state index contributed by atoms with van der Waals surface area (Å²) in [5, 5.41) is 36.6. The molecule has 2 amide bonds. The van der Waals surface area contributed by atoms with Gasteiger partial charge in [-0.3, -0.25) is 24.1 Å². The maximum absolute atomic E-state index is 13.7.